The molecule has 3 aromatic carbocycles. The molecule has 3 aromatic rings. The molecule has 41 heavy (non-hydrogen) atoms. The zero-order valence-corrected chi connectivity index (χ0v) is 25.4. The summed E-state index contributed by atoms with van der Waals surface area (Å²) in [5.41, 5.74) is 10.3. The average molecular weight is 648 g/mol. The minimum Gasteiger partial charge on any atom is -0.657 e. The molecule has 1 aliphatic rings. The number of carbonyl (C=O) groups is 1. The van der Waals surface area contributed by atoms with E-state index in [1.54, 1.807) is 12.1 Å². The summed E-state index contributed by atoms with van der Waals surface area (Å²) in [4.78, 5) is 17.0. The van der Waals surface area contributed by atoms with E-state index in [0.29, 0.717) is 25.1 Å². The quantitative estimate of drug-likeness (QED) is 0.0943. The molecular formula is C29H31F4N4O3Y-. The standard InChI is InChI=1S/C22H26FN4O.C7H5F3O2.Y/c1-15-3-5-16(6-4-15)21(17-7-9-19(23)10-8-17)27(2)22(24)26-20-13-25-12-11-18(20)14-28;8-7(9,10)5-1-3-6(12-11)4-2-5;/h3-10,14,21-22,26H,11-13,24H2,1-2H3;1-4,11H;/q-1;;. The number of nitrogens with one attached hydrogen (secondary N) is 1. The van der Waals surface area contributed by atoms with Crippen molar-refractivity contribution in [3.05, 3.63) is 117 Å². The van der Waals surface area contributed by atoms with E-state index in [-0.39, 0.29) is 50.3 Å². The summed E-state index contributed by atoms with van der Waals surface area (Å²) in [5.74, 6) is -0.302. The van der Waals surface area contributed by atoms with Gasteiger partial charge in [-0.2, -0.15) is 13.2 Å². The molecule has 1 heterocycles. The Labute approximate surface area is 261 Å². The van der Waals surface area contributed by atoms with Gasteiger partial charge in [0.05, 0.1) is 11.6 Å². The number of hydrogen-bond donors (Lipinski definition) is 3. The minimum atomic E-state index is -4.35. The van der Waals surface area contributed by atoms with Crippen LogP contribution in [0, 0.1) is 12.7 Å². The number of aldehydes is 1. The first-order chi connectivity index (χ1) is 19.0. The summed E-state index contributed by atoms with van der Waals surface area (Å²) < 4.78 is 49.2. The second kappa shape index (κ2) is 16.1. The van der Waals surface area contributed by atoms with Crippen LogP contribution < -0.4 is 15.9 Å². The minimum absolute atomic E-state index is 0. The largest absolute Gasteiger partial charge is 0.657 e. The van der Waals surface area contributed by atoms with Gasteiger partial charge in [-0.3, -0.25) is 15.4 Å². The Morgan fingerprint density at radius 2 is 1.59 bits per heavy atom. The van der Waals surface area contributed by atoms with Crippen molar-refractivity contribution in [3.63, 3.8) is 0 Å². The van der Waals surface area contributed by atoms with E-state index < -0.39 is 18.0 Å². The SMILES string of the molecule is Cc1ccc(C(c2ccc(F)cc2)N(C)C(N)NC2=C(C=O)CC[N-]C2)cc1.OOc1ccc(C(F)(F)F)cc1.[Y]. The third kappa shape index (κ3) is 9.98. The van der Waals surface area contributed by atoms with Crippen molar-refractivity contribution in [2.45, 2.75) is 31.9 Å². The number of nitrogens with zero attached hydrogens (tertiary/aromatic N) is 2. The van der Waals surface area contributed by atoms with Crippen LogP contribution in [0.15, 0.2) is 84.1 Å². The molecule has 1 radical (unpaired) electrons. The zero-order chi connectivity index (χ0) is 29.3. The molecule has 12 heteroatoms. The number of halogens is 4. The van der Waals surface area contributed by atoms with Crippen molar-refractivity contribution in [2.75, 3.05) is 20.1 Å². The average Bonchev–Trinajstić information content (AvgIpc) is 2.95. The second-order valence-corrected chi connectivity index (χ2v) is 9.21. The Morgan fingerprint density at radius 1 is 1.02 bits per heavy atom. The van der Waals surface area contributed by atoms with Crippen molar-refractivity contribution >= 4 is 6.29 Å². The molecule has 4 rings (SSSR count). The van der Waals surface area contributed by atoms with Crippen LogP contribution in [0.5, 0.6) is 5.75 Å². The van der Waals surface area contributed by atoms with Crippen LogP contribution >= 0.6 is 0 Å². The predicted molar refractivity (Wildman–Crippen MR) is 144 cm³/mol. The molecule has 1 aliphatic heterocycles. The van der Waals surface area contributed by atoms with E-state index in [0.717, 1.165) is 52.9 Å². The number of benzene rings is 3. The van der Waals surface area contributed by atoms with Crippen molar-refractivity contribution < 1.29 is 65.2 Å². The molecule has 217 valence electrons. The van der Waals surface area contributed by atoms with Gasteiger partial charge in [-0.15, -0.1) is 13.1 Å². The number of nitrogens with two attached hydrogens (primary N) is 1. The molecule has 0 bridgehead atoms. The van der Waals surface area contributed by atoms with Crippen LogP contribution in [-0.2, 0) is 43.7 Å². The molecule has 0 saturated heterocycles. The van der Waals surface area contributed by atoms with E-state index >= 15 is 0 Å². The molecule has 7 nitrogen and oxygen atoms in total. The zero-order valence-electron chi connectivity index (χ0n) is 22.6. The topological polar surface area (TPSA) is 102 Å². The molecule has 0 saturated carbocycles. The summed E-state index contributed by atoms with van der Waals surface area (Å²) in [7, 11) is 1.91. The van der Waals surface area contributed by atoms with Crippen LogP contribution in [0.4, 0.5) is 17.6 Å². The predicted octanol–water partition coefficient (Wildman–Crippen LogP) is 5.77. The summed E-state index contributed by atoms with van der Waals surface area (Å²) in [6.07, 6.45) is -3.40. The normalized spacial score (nSPS) is 14.8. The Kier molecular flexibility index (Phi) is 13.6. The fraction of sp³-hybridized carbons (Fsp3) is 0.276. The van der Waals surface area contributed by atoms with Crippen LogP contribution in [0.2, 0.25) is 0 Å². The molecule has 0 aromatic heterocycles. The number of aryl methyl sites for hydroxylation is 1. The molecule has 0 spiro atoms. The van der Waals surface area contributed by atoms with Crippen LogP contribution in [-0.4, -0.2) is 42.9 Å². The molecule has 0 amide bonds. The van der Waals surface area contributed by atoms with Crippen molar-refractivity contribution in [1.82, 2.24) is 10.2 Å². The maximum atomic E-state index is 13.5. The van der Waals surface area contributed by atoms with Gasteiger partial charge in [-0.1, -0.05) is 42.0 Å². The van der Waals surface area contributed by atoms with Gasteiger partial charge < -0.3 is 15.5 Å². The van der Waals surface area contributed by atoms with Gasteiger partial charge >= 0.3 is 6.18 Å². The fourth-order valence-corrected chi connectivity index (χ4v) is 4.11. The van der Waals surface area contributed by atoms with Crippen molar-refractivity contribution in [3.8, 4) is 5.75 Å². The fourth-order valence-electron chi connectivity index (χ4n) is 4.11. The number of alkyl halides is 3. The monoisotopic (exact) mass is 648 g/mol. The molecule has 0 aliphatic carbocycles. The van der Waals surface area contributed by atoms with E-state index in [9.17, 15) is 22.4 Å². The molecule has 2 atom stereocenters. The van der Waals surface area contributed by atoms with E-state index in [1.165, 1.54) is 12.1 Å². The van der Waals surface area contributed by atoms with E-state index in [4.69, 9.17) is 11.0 Å². The Balaban J connectivity index is 0.000000381. The second-order valence-electron chi connectivity index (χ2n) is 9.21. The van der Waals surface area contributed by atoms with Gasteiger partial charge in [0, 0.05) is 38.3 Å². The van der Waals surface area contributed by atoms with Gasteiger partial charge in [-0.05, 0) is 73.6 Å². The Hall–Kier alpha value is -2.67. The van der Waals surface area contributed by atoms with Gasteiger partial charge in [0.25, 0.3) is 0 Å². The van der Waals surface area contributed by atoms with E-state index in [2.05, 4.69) is 27.7 Å². The van der Waals surface area contributed by atoms with Gasteiger partial charge in [0.15, 0.2) is 5.75 Å². The van der Waals surface area contributed by atoms with Gasteiger partial charge in [-0.25, -0.2) is 9.65 Å². The number of carbonyl (C=O) groups excluding carboxylic acids is 1. The number of hydrogen-bond acceptors (Lipinski definition) is 6. The summed E-state index contributed by atoms with van der Waals surface area (Å²) >= 11 is 0. The van der Waals surface area contributed by atoms with Crippen molar-refractivity contribution in [2.24, 2.45) is 5.73 Å². The smallest absolute Gasteiger partial charge is 0.416 e. The van der Waals surface area contributed by atoms with Crippen LogP contribution in [0.1, 0.15) is 34.7 Å². The molecule has 4 N–H and O–H groups in total. The van der Waals surface area contributed by atoms with Crippen LogP contribution in [0.25, 0.3) is 5.32 Å². The summed E-state index contributed by atoms with van der Waals surface area (Å²) in [6.45, 7) is 3.15. The van der Waals surface area contributed by atoms with Gasteiger partial charge in [0.1, 0.15) is 18.4 Å². The van der Waals surface area contributed by atoms with E-state index in [1.807, 2.05) is 31.0 Å². The first-order valence-electron chi connectivity index (χ1n) is 12.4. The Morgan fingerprint density at radius 3 is 2.10 bits per heavy atom. The first kappa shape index (κ1) is 34.5. The summed E-state index contributed by atoms with van der Waals surface area (Å²) in [5, 5.41) is 15.7. The Bertz CT molecular complexity index is 1230. The molecular weight excluding hydrogens is 617 g/mol. The molecule has 2 unspecified atom stereocenters. The third-order valence-corrected chi connectivity index (χ3v) is 6.37. The maximum Gasteiger partial charge on any atom is 0.416 e. The van der Waals surface area contributed by atoms with Gasteiger partial charge in [0.2, 0.25) is 0 Å². The first-order valence-corrected chi connectivity index (χ1v) is 12.4. The third-order valence-electron chi connectivity index (χ3n) is 6.37. The van der Waals surface area contributed by atoms with Crippen LogP contribution in [0.3, 0.4) is 0 Å². The molecule has 0 fully saturated rings. The van der Waals surface area contributed by atoms with Crippen molar-refractivity contribution in [1.29, 1.82) is 0 Å². The maximum absolute atomic E-state index is 13.5. The summed E-state index contributed by atoms with van der Waals surface area (Å²) in [6, 6.07) is 18.2. The number of rotatable bonds is 8.